The average Bonchev–Trinajstić information content (AvgIpc) is 2.61. The van der Waals surface area contributed by atoms with Gasteiger partial charge in [-0.05, 0) is 23.8 Å². The Morgan fingerprint density at radius 1 is 1.08 bits per heavy atom. The van der Waals surface area contributed by atoms with Crippen molar-refractivity contribution in [1.29, 1.82) is 0 Å². The standard InChI is InChI=1S/C19H21NO3Si/c1-3-23-19(22)17-14-18(21)20(17)24(2,15-10-6-4-7-11-15)16-12-8-5-9-13-16/h4-13,17H,3,14H2,1-2H3/t17-/m0/s1. The van der Waals surface area contributed by atoms with Crippen molar-refractivity contribution in [2.75, 3.05) is 6.61 Å². The predicted octanol–water partition coefficient (Wildman–Crippen LogP) is 1.54. The molecule has 0 bridgehead atoms. The molecule has 2 aromatic rings. The van der Waals surface area contributed by atoms with Crippen LogP contribution in [-0.2, 0) is 14.3 Å². The summed E-state index contributed by atoms with van der Waals surface area (Å²) in [6.07, 6.45) is 0.237. The number of hydrogen-bond donors (Lipinski definition) is 0. The van der Waals surface area contributed by atoms with Crippen LogP contribution in [0.15, 0.2) is 60.7 Å². The number of ether oxygens (including phenoxy) is 1. The summed E-state index contributed by atoms with van der Waals surface area (Å²) >= 11 is 0. The summed E-state index contributed by atoms with van der Waals surface area (Å²) in [7, 11) is -2.55. The molecule has 0 aliphatic carbocycles. The summed E-state index contributed by atoms with van der Waals surface area (Å²) in [5, 5.41) is 2.22. The van der Waals surface area contributed by atoms with Gasteiger partial charge in [-0.25, -0.2) is 4.79 Å². The summed E-state index contributed by atoms with van der Waals surface area (Å²) in [4.78, 5) is 24.8. The lowest BCUT2D eigenvalue weighted by Crippen LogP contribution is -2.77. The van der Waals surface area contributed by atoms with Crippen molar-refractivity contribution in [3.05, 3.63) is 60.7 Å². The third-order valence-electron chi connectivity index (χ3n) is 4.66. The lowest BCUT2D eigenvalue weighted by Gasteiger charge is -2.50. The summed E-state index contributed by atoms with van der Waals surface area (Å²) in [5.41, 5.74) is 0. The summed E-state index contributed by atoms with van der Waals surface area (Å²) < 4.78 is 6.98. The van der Waals surface area contributed by atoms with E-state index < -0.39 is 14.3 Å². The van der Waals surface area contributed by atoms with Crippen molar-refractivity contribution < 1.29 is 14.3 Å². The molecule has 124 valence electrons. The summed E-state index contributed by atoms with van der Waals surface area (Å²) in [6, 6.07) is 19.6. The van der Waals surface area contributed by atoms with Gasteiger partial charge in [-0.1, -0.05) is 60.7 Å². The van der Waals surface area contributed by atoms with Crippen LogP contribution in [-0.4, -0.2) is 37.3 Å². The van der Waals surface area contributed by atoms with E-state index in [0.29, 0.717) is 6.61 Å². The minimum absolute atomic E-state index is 0.0231. The number of nitrogens with zero attached hydrogens (tertiary/aromatic N) is 1. The van der Waals surface area contributed by atoms with Gasteiger partial charge in [0, 0.05) is 0 Å². The first-order valence-electron chi connectivity index (χ1n) is 8.19. The van der Waals surface area contributed by atoms with Crippen molar-refractivity contribution in [2.45, 2.75) is 25.9 Å². The molecule has 0 aromatic heterocycles. The quantitative estimate of drug-likeness (QED) is 0.472. The fourth-order valence-electron chi connectivity index (χ4n) is 3.37. The molecule has 0 spiro atoms. The summed E-state index contributed by atoms with van der Waals surface area (Å²) in [6.45, 7) is 4.24. The van der Waals surface area contributed by atoms with E-state index >= 15 is 0 Å². The zero-order valence-electron chi connectivity index (χ0n) is 13.9. The molecule has 3 rings (SSSR count). The Bertz CT molecular complexity index is 693. The van der Waals surface area contributed by atoms with E-state index in [9.17, 15) is 9.59 Å². The molecule has 0 radical (unpaired) electrons. The van der Waals surface area contributed by atoms with Crippen molar-refractivity contribution >= 4 is 30.5 Å². The molecule has 0 unspecified atom stereocenters. The van der Waals surface area contributed by atoms with Gasteiger partial charge in [-0.2, -0.15) is 0 Å². The Morgan fingerprint density at radius 3 is 2.00 bits per heavy atom. The van der Waals surface area contributed by atoms with E-state index in [-0.39, 0.29) is 18.3 Å². The molecule has 5 heteroatoms. The van der Waals surface area contributed by atoms with Gasteiger partial charge in [0.1, 0.15) is 6.04 Å². The van der Waals surface area contributed by atoms with Gasteiger partial charge in [0.2, 0.25) is 14.1 Å². The maximum atomic E-state index is 12.5. The lowest BCUT2D eigenvalue weighted by atomic mass is 10.1. The number of esters is 1. The van der Waals surface area contributed by atoms with Gasteiger partial charge >= 0.3 is 5.97 Å². The molecule has 2 aromatic carbocycles. The maximum absolute atomic E-state index is 12.5. The van der Waals surface area contributed by atoms with Crippen molar-refractivity contribution in [3.8, 4) is 0 Å². The predicted molar refractivity (Wildman–Crippen MR) is 95.7 cm³/mol. The van der Waals surface area contributed by atoms with Gasteiger partial charge in [-0.15, -0.1) is 0 Å². The molecule has 4 nitrogen and oxygen atoms in total. The van der Waals surface area contributed by atoms with Crippen molar-refractivity contribution in [1.82, 2.24) is 4.57 Å². The molecule has 1 amide bonds. The molecule has 1 saturated heterocycles. The molecule has 0 saturated carbocycles. The largest absolute Gasteiger partial charge is 0.464 e. The second kappa shape index (κ2) is 6.61. The number of benzene rings is 2. The van der Waals surface area contributed by atoms with E-state index in [1.807, 2.05) is 60.7 Å². The Kier molecular flexibility index (Phi) is 4.53. The molecule has 24 heavy (non-hydrogen) atoms. The van der Waals surface area contributed by atoms with Gasteiger partial charge in [-0.3, -0.25) is 4.79 Å². The SMILES string of the molecule is CCOC(=O)[C@@H]1CC(=O)N1[Si](C)(c1ccccc1)c1ccccc1. The number of amides is 1. The highest BCUT2D eigenvalue weighted by Crippen LogP contribution is 2.28. The minimum atomic E-state index is -2.55. The Morgan fingerprint density at radius 2 is 1.58 bits per heavy atom. The molecule has 1 aliphatic rings. The van der Waals surface area contributed by atoms with E-state index in [1.165, 1.54) is 0 Å². The molecular weight excluding hydrogens is 318 g/mol. The first-order chi connectivity index (χ1) is 11.6. The fourth-order valence-corrected chi connectivity index (χ4v) is 7.36. The number of carbonyl (C=O) groups is 2. The summed E-state index contributed by atoms with van der Waals surface area (Å²) in [5.74, 6) is -0.280. The van der Waals surface area contributed by atoms with E-state index in [1.54, 1.807) is 11.5 Å². The van der Waals surface area contributed by atoms with Crippen LogP contribution >= 0.6 is 0 Å². The van der Waals surface area contributed by atoms with Gasteiger partial charge in [0.15, 0.2) is 0 Å². The Labute approximate surface area is 143 Å². The first kappa shape index (κ1) is 16.5. The molecule has 1 fully saturated rings. The highest BCUT2D eigenvalue weighted by atomic mass is 28.3. The molecule has 1 heterocycles. The number of hydrogen-bond acceptors (Lipinski definition) is 3. The van der Waals surface area contributed by atoms with Gasteiger partial charge in [0.25, 0.3) is 0 Å². The lowest BCUT2D eigenvalue weighted by molar-refractivity contribution is -0.160. The Balaban J connectivity index is 2.09. The average molecular weight is 339 g/mol. The van der Waals surface area contributed by atoms with Crippen LogP contribution in [0.1, 0.15) is 13.3 Å². The fraction of sp³-hybridized carbons (Fsp3) is 0.263. The second-order valence-electron chi connectivity index (χ2n) is 6.04. The van der Waals surface area contributed by atoms with Crippen LogP contribution in [0.3, 0.4) is 0 Å². The van der Waals surface area contributed by atoms with Crippen LogP contribution in [0.5, 0.6) is 0 Å². The molecule has 0 N–H and O–H groups in total. The van der Waals surface area contributed by atoms with Gasteiger partial charge in [0.05, 0.1) is 13.0 Å². The molecular formula is C19H21NO3Si. The number of β-lactam (4-membered cyclic amide) rings is 1. The Hall–Kier alpha value is -2.40. The monoisotopic (exact) mass is 339 g/mol. The minimum Gasteiger partial charge on any atom is -0.464 e. The maximum Gasteiger partial charge on any atom is 0.328 e. The third kappa shape index (κ3) is 2.65. The first-order valence-corrected chi connectivity index (χ1v) is 10.6. The van der Waals surface area contributed by atoms with E-state index in [4.69, 9.17) is 4.74 Å². The van der Waals surface area contributed by atoms with Crippen LogP contribution in [0, 0.1) is 0 Å². The van der Waals surface area contributed by atoms with Crippen LogP contribution < -0.4 is 10.4 Å². The van der Waals surface area contributed by atoms with Crippen LogP contribution in [0.2, 0.25) is 6.55 Å². The molecule has 1 atom stereocenters. The van der Waals surface area contributed by atoms with E-state index in [2.05, 4.69) is 6.55 Å². The van der Waals surface area contributed by atoms with E-state index in [0.717, 1.165) is 10.4 Å². The topological polar surface area (TPSA) is 46.6 Å². The highest BCUT2D eigenvalue weighted by molar-refractivity contribution is 7.00. The zero-order valence-corrected chi connectivity index (χ0v) is 14.9. The van der Waals surface area contributed by atoms with Crippen molar-refractivity contribution in [3.63, 3.8) is 0 Å². The van der Waals surface area contributed by atoms with Crippen LogP contribution in [0.4, 0.5) is 0 Å². The van der Waals surface area contributed by atoms with Gasteiger partial charge < -0.3 is 9.30 Å². The van der Waals surface area contributed by atoms with Crippen molar-refractivity contribution in [2.24, 2.45) is 0 Å². The highest BCUT2D eigenvalue weighted by Gasteiger charge is 2.54. The zero-order chi connectivity index (χ0) is 17.2. The normalized spacial score (nSPS) is 17.3. The smallest absolute Gasteiger partial charge is 0.328 e. The third-order valence-corrected chi connectivity index (χ3v) is 9.10. The van der Waals surface area contributed by atoms with Crippen LogP contribution in [0.25, 0.3) is 0 Å². The number of rotatable bonds is 5. The second-order valence-corrected chi connectivity index (χ2v) is 9.82. The number of carbonyl (C=O) groups excluding carboxylic acids is 2. The molecule has 1 aliphatic heterocycles.